The molecule has 2 aliphatic rings. The molecule has 182 valence electrons. The molecule has 2 aromatic heterocycles. The Labute approximate surface area is 203 Å². The lowest BCUT2D eigenvalue weighted by Crippen LogP contribution is -2.54. The van der Waals surface area contributed by atoms with Crippen LogP contribution in [0.3, 0.4) is 0 Å². The van der Waals surface area contributed by atoms with Crippen LogP contribution in [-0.4, -0.2) is 73.6 Å². The van der Waals surface area contributed by atoms with Crippen molar-refractivity contribution in [3.63, 3.8) is 0 Å². The van der Waals surface area contributed by atoms with Crippen LogP contribution in [0.2, 0.25) is 0 Å². The molecule has 5 rings (SSSR count). The van der Waals surface area contributed by atoms with Crippen LogP contribution in [0.25, 0.3) is 10.9 Å². The number of fused-ring (bicyclic) bond motifs is 2. The van der Waals surface area contributed by atoms with Gasteiger partial charge in [-0.2, -0.15) is 4.98 Å². The summed E-state index contributed by atoms with van der Waals surface area (Å²) in [6.45, 7) is 8.07. The number of aromatic nitrogens is 3. The molecule has 1 aromatic carbocycles. The topological polar surface area (TPSA) is 115 Å². The van der Waals surface area contributed by atoms with Crippen LogP contribution in [0.15, 0.2) is 36.5 Å². The van der Waals surface area contributed by atoms with Crippen LogP contribution >= 0.6 is 0 Å². The Hall–Kier alpha value is -3.95. The van der Waals surface area contributed by atoms with Crippen molar-refractivity contribution < 1.29 is 14.7 Å². The summed E-state index contributed by atoms with van der Waals surface area (Å²) in [5, 5.41) is 13.9. The van der Waals surface area contributed by atoms with Gasteiger partial charge >= 0.3 is 6.09 Å². The first-order valence-corrected chi connectivity index (χ1v) is 11.9. The Morgan fingerprint density at radius 2 is 2.03 bits per heavy atom. The van der Waals surface area contributed by atoms with E-state index in [-0.39, 0.29) is 18.0 Å². The molecule has 0 bridgehead atoms. The van der Waals surface area contributed by atoms with E-state index < -0.39 is 6.09 Å². The quantitative estimate of drug-likeness (QED) is 0.578. The molecule has 3 aromatic rings. The van der Waals surface area contributed by atoms with Gasteiger partial charge in [0.1, 0.15) is 11.5 Å². The largest absolute Gasteiger partial charge is 0.465 e. The highest BCUT2D eigenvalue weighted by Crippen LogP contribution is 2.31. The fourth-order valence-electron chi connectivity index (χ4n) is 4.70. The number of piperazine rings is 1. The van der Waals surface area contributed by atoms with Crippen molar-refractivity contribution in [2.45, 2.75) is 45.9 Å². The Kier molecular flexibility index (Phi) is 5.88. The highest BCUT2D eigenvalue weighted by molar-refractivity contribution is 5.98. The molecule has 1 saturated heterocycles. The number of benzene rings is 1. The van der Waals surface area contributed by atoms with Crippen molar-refractivity contribution in [1.82, 2.24) is 24.8 Å². The van der Waals surface area contributed by atoms with Crippen molar-refractivity contribution in [3.05, 3.63) is 53.3 Å². The van der Waals surface area contributed by atoms with Gasteiger partial charge in [-0.25, -0.2) is 9.78 Å². The molecule has 0 unspecified atom stereocenters. The number of pyridine rings is 1. The number of hydrogen-bond acceptors (Lipinski definition) is 7. The molecule has 4 heterocycles. The van der Waals surface area contributed by atoms with Gasteiger partial charge in [0, 0.05) is 55.4 Å². The second-order valence-corrected chi connectivity index (χ2v) is 9.39. The minimum absolute atomic E-state index is 0.0387. The number of para-hydroxylation sites is 1. The van der Waals surface area contributed by atoms with Gasteiger partial charge in [0.2, 0.25) is 5.95 Å². The van der Waals surface area contributed by atoms with Crippen LogP contribution in [-0.2, 0) is 13.1 Å². The molecule has 2 amide bonds. The summed E-state index contributed by atoms with van der Waals surface area (Å²) in [6.07, 6.45) is 0.914. The number of hydrogen-bond donors (Lipinski definition) is 2. The maximum absolute atomic E-state index is 13.1. The number of carboxylic acid groups (broad SMARTS) is 1. The van der Waals surface area contributed by atoms with E-state index >= 15 is 0 Å². The fraction of sp³-hybridized carbons (Fsp3) is 0.400. The zero-order chi connectivity index (χ0) is 24.7. The van der Waals surface area contributed by atoms with Crippen molar-refractivity contribution in [2.24, 2.45) is 0 Å². The van der Waals surface area contributed by atoms with Gasteiger partial charge in [-0.1, -0.05) is 18.2 Å². The van der Waals surface area contributed by atoms with Crippen molar-refractivity contribution in [1.29, 1.82) is 0 Å². The lowest BCUT2D eigenvalue weighted by Gasteiger charge is -2.38. The van der Waals surface area contributed by atoms with E-state index in [1.165, 1.54) is 4.90 Å². The van der Waals surface area contributed by atoms with Crippen LogP contribution in [0.5, 0.6) is 0 Å². The van der Waals surface area contributed by atoms with Crippen LogP contribution in [0, 0.1) is 0 Å². The maximum Gasteiger partial charge on any atom is 0.407 e. The van der Waals surface area contributed by atoms with Gasteiger partial charge in [-0.3, -0.25) is 9.78 Å². The monoisotopic (exact) mass is 475 g/mol. The number of nitrogens with one attached hydrogen (secondary N) is 1. The molecule has 10 nitrogen and oxygen atoms in total. The third kappa shape index (κ3) is 4.31. The van der Waals surface area contributed by atoms with E-state index in [1.54, 1.807) is 4.90 Å². The number of rotatable bonds is 5. The first kappa shape index (κ1) is 22.8. The van der Waals surface area contributed by atoms with Gasteiger partial charge in [0.05, 0.1) is 12.1 Å². The van der Waals surface area contributed by atoms with Gasteiger partial charge in [-0.05, 0) is 38.5 Å². The molecule has 1 atom stereocenters. The number of nitrogens with zero attached hydrogens (tertiary/aromatic N) is 6. The third-order valence-corrected chi connectivity index (χ3v) is 6.67. The highest BCUT2D eigenvalue weighted by atomic mass is 16.4. The molecule has 2 aliphatic heterocycles. The first-order valence-electron chi connectivity index (χ1n) is 11.9. The Balaban J connectivity index is 1.45. The van der Waals surface area contributed by atoms with Crippen molar-refractivity contribution >= 4 is 34.7 Å². The minimum atomic E-state index is -0.930. The smallest absolute Gasteiger partial charge is 0.407 e. The van der Waals surface area contributed by atoms with E-state index in [0.717, 1.165) is 22.0 Å². The molecule has 0 aliphatic carbocycles. The molecular weight excluding hydrogens is 446 g/mol. The zero-order valence-corrected chi connectivity index (χ0v) is 20.1. The predicted molar refractivity (Wildman–Crippen MR) is 133 cm³/mol. The Morgan fingerprint density at radius 1 is 1.23 bits per heavy atom. The first-order chi connectivity index (χ1) is 16.8. The second kappa shape index (κ2) is 9.01. The zero-order valence-electron chi connectivity index (χ0n) is 20.1. The average Bonchev–Trinajstić information content (AvgIpc) is 3.19. The molecule has 0 saturated carbocycles. The summed E-state index contributed by atoms with van der Waals surface area (Å²) in [7, 11) is 0. The number of anilines is 2. The van der Waals surface area contributed by atoms with E-state index in [1.807, 2.05) is 56.1 Å². The lowest BCUT2D eigenvalue weighted by atomic mass is 10.1. The number of carbonyl (C=O) groups excluding carboxylic acids is 1. The van der Waals surface area contributed by atoms with E-state index in [9.17, 15) is 14.7 Å². The van der Waals surface area contributed by atoms with Gasteiger partial charge in [-0.15, -0.1) is 0 Å². The van der Waals surface area contributed by atoms with Crippen LogP contribution in [0.4, 0.5) is 16.6 Å². The van der Waals surface area contributed by atoms with Crippen LogP contribution in [0.1, 0.15) is 42.4 Å². The van der Waals surface area contributed by atoms with E-state index in [2.05, 4.69) is 21.4 Å². The van der Waals surface area contributed by atoms with Crippen LogP contribution < -0.4 is 10.2 Å². The molecule has 1 fully saturated rings. The number of amides is 2. The van der Waals surface area contributed by atoms with Crippen molar-refractivity contribution in [3.8, 4) is 0 Å². The Morgan fingerprint density at radius 3 is 2.77 bits per heavy atom. The second-order valence-electron chi connectivity index (χ2n) is 9.39. The van der Waals surface area contributed by atoms with Gasteiger partial charge in [0.15, 0.2) is 0 Å². The minimum Gasteiger partial charge on any atom is -0.465 e. The summed E-state index contributed by atoms with van der Waals surface area (Å²) in [6, 6.07) is 9.89. The summed E-state index contributed by atoms with van der Waals surface area (Å²) in [5.41, 5.74) is 3.15. The molecular formula is C25H29N7O3. The molecule has 0 spiro atoms. The standard InChI is InChI=1S/C25H29N7O3/c1-15(2)32-14-19-21(23(32)33)28-24(30-8-9-31(25(34)35)16(3)13-30)29-22(19)27-12-17-10-18-6-4-5-7-20(18)26-11-17/h4-7,10-11,15-16H,8-9,12-14H2,1-3H3,(H,34,35)(H,27,28,29)/t16-/m0/s1. The summed E-state index contributed by atoms with van der Waals surface area (Å²) < 4.78 is 0. The molecule has 10 heteroatoms. The molecule has 2 N–H and O–H groups in total. The summed E-state index contributed by atoms with van der Waals surface area (Å²) in [5.74, 6) is 0.966. The number of carbonyl (C=O) groups is 2. The highest BCUT2D eigenvalue weighted by Gasteiger charge is 2.36. The third-order valence-electron chi connectivity index (χ3n) is 6.67. The Bertz CT molecular complexity index is 1300. The van der Waals surface area contributed by atoms with Gasteiger partial charge in [0.25, 0.3) is 5.91 Å². The van der Waals surface area contributed by atoms with E-state index in [0.29, 0.717) is 50.2 Å². The van der Waals surface area contributed by atoms with E-state index in [4.69, 9.17) is 4.98 Å². The summed E-state index contributed by atoms with van der Waals surface area (Å²) in [4.78, 5) is 43.8. The lowest BCUT2D eigenvalue weighted by molar-refractivity contribution is 0.0726. The summed E-state index contributed by atoms with van der Waals surface area (Å²) >= 11 is 0. The SMILES string of the molecule is CC(C)N1Cc2c(NCc3cnc4ccccc4c3)nc(N3CCN(C(=O)O)[C@@H](C)C3)nc2C1=O. The molecule has 35 heavy (non-hydrogen) atoms. The van der Waals surface area contributed by atoms with Gasteiger partial charge < -0.3 is 25.1 Å². The normalized spacial score (nSPS) is 17.9. The fourth-order valence-corrected chi connectivity index (χ4v) is 4.70. The average molecular weight is 476 g/mol. The predicted octanol–water partition coefficient (Wildman–Crippen LogP) is 3.19. The van der Waals surface area contributed by atoms with Crippen molar-refractivity contribution in [2.75, 3.05) is 29.9 Å². The molecule has 0 radical (unpaired) electrons. The maximum atomic E-state index is 13.1.